The monoisotopic (exact) mass is 321 g/mol. The van der Waals surface area contributed by atoms with Crippen molar-refractivity contribution in [2.24, 2.45) is 0 Å². The summed E-state index contributed by atoms with van der Waals surface area (Å²) in [6.07, 6.45) is -2.51. The molecule has 0 saturated carbocycles. The number of aryl methyl sites for hydroxylation is 1. The second-order valence-corrected chi connectivity index (χ2v) is 5.62. The molecule has 3 rings (SSSR count). The lowest BCUT2D eigenvalue weighted by Gasteiger charge is -2.32. The molecule has 2 heterocycles. The van der Waals surface area contributed by atoms with Crippen molar-refractivity contribution in [2.45, 2.75) is 32.5 Å². The summed E-state index contributed by atoms with van der Waals surface area (Å²) in [5.74, 6) is 1.42. The number of alkyl halides is 2. The van der Waals surface area contributed by atoms with E-state index >= 15 is 0 Å². The number of anilines is 1. The molecule has 122 valence electrons. The highest BCUT2D eigenvalue weighted by molar-refractivity contribution is 5.94. The largest absolute Gasteiger partial charge is 0.325 e. The first-order valence-corrected chi connectivity index (χ1v) is 7.23. The van der Waals surface area contributed by atoms with Crippen LogP contribution in [-0.4, -0.2) is 38.7 Å². The number of aromatic nitrogens is 3. The second-order valence-electron chi connectivity index (χ2n) is 5.62. The minimum Gasteiger partial charge on any atom is -0.325 e. The number of benzene rings is 1. The summed E-state index contributed by atoms with van der Waals surface area (Å²) in [5.41, 5.74) is 0.432. The van der Waals surface area contributed by atoms with Crippen LogP contribution in [-0.2, 0) is 17.9 Å². The molecule has 1 aromatic carbocycles. The zero-order chi connectivity index (χ0) is 16.6. The normalized spacial score (nSPS) is 18.0. The lowest BCUT2D eigenvalue weighted by Crippen LogP contribution is -2.48. The standard InChI is InChI=1S/C15H17F2N5O/c1-9-19-20-13-8-21(2)12(7-22(9)13)15(23)18-11-5-3-10(4-6-11)14(16)17/h3-6,12,14H,7-8H2,1-2H3,(H,18,23). The molecule has 0 fully saturated rings. The third-order valence-electron chi connectivity index (χ3n) is 4.02. The van der Waals surface area contributed by atoms with E-state index in [4.69, 9.17) is 0 Å². The zero-order valence-corrected chi connectivity index (χ0v) is 12.8. The number of carbonyl (C=O) groups excluding carboxylic acids is 1. The SMILES string of the molecule is Cc1nnc2n1CC(C(=O)Nc1ccc(C(F)F)cc1)N(C)C2. The molecular formula is C15H17F2N5O. The summed E-state index contributed by atoms with van der Waals surface area (Å²) in [6.45, 7) is 2.84. The number of likely N-dealkylation sites (N-methyl/N-ethyl adjacent to an activating group) is 1. The summed E-state index contributed by atoms with van der Waals surface area (Å²) < 4.78 is 27.0. The number of nitrogens with zero attached hydrogens (tertiary/aromatic N) is 4. The Labute approximate surface area is 132 Å². The fourth-order valence-electron chi connectivity index (χ4n) is 2.65. The van der Waals surface area contributed by atoms with Crippen molar-refractivity contribution in [1.82, 2.24) is 19.7 Å². The molecule has 1 aliphatic heterocycles. The highest BCUT2D eigenvalue weighted by Crippen LogP contribution is 2.21. The molecule has 0 bridgehead atoms. The second kappa shape index (κ2) is 6.04. The lowest BCUT2D eigenvalue weighted by molar-refractivity contribution is -0.122. The fraction of sp³-hybridized carbons (Fsp3) is 0.400. The van der Waals surface area contributed by atoms with Crippen LogP contribution in [0.25, 0.3) is 0 Å². The quantitative estimate of drug-likeness (QED) is 0.939. The maximum absolute atomic E-state index is 12.5. The molecule has 1 N–H and O–H groups in total. The van der Waals surface area contributed by atoms with Crippen molar-refractivity contribution in [1.29, 1.82) is 0 Å². The van der Waals surface area contributed by atoms with Gasteiger partial charge >= 0.3 is 0 Å². The van der Waals surface area contributed by atoms with Gasteiger partial charge in [-0.3, -0.25) is 9.69 Å². The summed E-state index contributed by atoms with van der Waals surface area (Å²) in [6, 6.07) is 5.22. The van der Waals surface area contributed by atoms with Crippen molar-refractivity contribution in [3.05, 3.63) is 41.5 Å². The lowest BCUT2D eigenvalue weighted by atomic mass is 10.1. The van der Waals surface area contributed by atoms with Crippen LogP contribution in [0, 0.1) is 6.92 Å². The summed E-state index contributed by atoms with van der Waals surface area (Å²) in [4.78, 5) is 14.4. The number of nitrogens with one attached hydrogen (secondary N) is 1. The Morgan fingerprint density at radius 2 is 2.00 bits per heavy atom. The number of hydrogen-bond acceptors (Lipinski definition) is 4. The average Bonchev–Trinajstić information content (AvgIpc) is 2.87. The third-order valence-corrected chi connectivity index (χ3v) is 4.02. The van der Waals surface area contributed by atoms with Crippen molar-refractivity contribution in [3.63, 3.8) is 0 Å². The van der Waals surface area contributed by atoms with Crippen LogP contribution in [0.3, 0.4) is 0 Å². The van der Waals surface area contributed by atoms with Gasteiger partial charge in [0.05, 0.1) is 13.1 Å². The van der Waals surface area contributed by atoms with Crippen LogP contribution >= 0.6 is 0 Å². The number of rotatable bonds is 3. The molecule has 2 aromatic rings. The molecule has 1 unspecified atom stereocenters. The third kappa shape index (κ3) is 3.07. The van der Waals surface area contributed by atoms with E-state index < -0.39 is 6.43 Å². The highest BCUT2D eigenvalue weighted by atomic mass is 19.3. The topological polar surface area (TPSA) is 63.1 Å². The number of fused-ring (bicyclic) bond motifs is 1. The number of amides is 1. The van der Waals surface area contributed by atoms with Gasteiger partial charge in [0, 0.05) is 11.3 Å². The van der Waals surface area contributed by atoms with Crippen LogP contribution in [0.15, 0.2) is 24.3 Å². The Morgan fingerprint density at radius 1 is 1.30 bits per heavy atom. The minimum absolute atomic E-state index is 0.0671. The van der Waals surface area contributed by atoms with Crippen LogP contribution in [0.2, 0.25) is 0 Å². The van der Waals surface area contributed by atoms with E-state index in [1.807, 2.05) is 23.4 Å². The van der Waals surface area contributed by atoms with E-state index in [1.165, 1.54) is 24.3 Å². The average molecular weight is 321 g/mol. The van der Waals surface area contributed by atoms with Crippen molar-refractivity contribution < 1.29 is 13.6 Å². The van der Waals surface area contributed by atoms with Crippen molar-refractivity contribution in [2.75, 3.05) is 12.4 Å². The molecule has 6 nitrogen and oxygen atoms in total. The van der Waals surface area contributed by atoms with Gasteiger partial charge in [0.15, 0.2) is 0 Å². The van der Waals surface area contributed by atoms with E-state index in [2.05, 4.69) is 15.5 Å². The molecule has 23 heavy (non-hydrogen) atoms. The Kier molecular flexibility index (Phi) is 4.08. The minimum atomic E-state index is -2.51. The van der Waals surface area contributed by atoms with Gasteiger partial charge in [0.1, 0.15) is 17.7 Å². The Balaban J connectivity index is 1.72. The maximum Gasteiger partial charge on any atom is 0.263 e. The predicted octanol–water partition coefficient (Wildman–Crippen LogP) is 1.98. The van der Waals surface area contributed by atoms with Gasteiger partial charge in [-0.05, 0) is 26.1 Å². The molecule has 1 atom stereocenters. The van der Waals surface area contributed by atoms with Crippen LogP contribution in [0.1, 0.15) is 23.6 Å². The van der Waals surface area contributed by atoms with Crippen LogP contribution < -0.4 is 5.32 Å². The maximum atomic E-state index is 12.5. The fourth-order valence-corrected chi connectivity index (χ4v) is 2.65. The Morgan fingerprint density at radius 3 is 2.65 bits per heavy atom. The highest BCUT2D eigenvalue weighted by Gasteiger charge is 2.31. The van der Waals surface area contributed by atoms with Gasteiger partial charge in [-0.15, -0.1) is 10.2 Å². The van der Waals surface area contributed by atoms with Gasteiger partial charge in [-0.1, -0.05) is 12.1 Å². The molecule has 1 aliphatic rings. The molecule has 1 amide bonds. The molecule has 1 aromatic heterocycles. The molecule has 0 aliphatic carbocycles. The van der Waals surface area contributed by atoms with Crippen molar-refractivity contribution >= 4 is 11.6 Å². The zero-order valence-electron chi connectivity index (χ0n) is 12.8. The van der Waals surface area contributed by atoms with E-state index in [1.54, 1.807) is 0 Å². The summed E-state index contributed by atoms with van der Waals surface area (Å²) in [7, 11) is 1.84. The summed E-state index contributed by atoms with van der Waals surface area (Å²) >= 11 is 0. The van der Waals surface area contributed by atoms with Crippen LogP contribution in [0.5, 0.6) is 0 Å². The molecule has 0 radical (unpaired) electrons. The molecular weight excluding hydrogens is 304 g/mol. The summed E-state index contributed by atoms with van der Waals surface area (Å²) in [5, 5.41) is 10.9. The van der Waals surface area contributed by atoms with Gasteiger partial charge in [0.25, 0.3) is 6.43 Å². The van der Waals surface area contributed by atoms with E-state index in [0.29, 0.717) is 18.8 Å². The molecule has 0 spiro atoms. The van der Waals surface area contributed by atoms with E-state index in [-0.39, 0.29) is 17.5 Å². The van der Waals surface area contributed by atoms with Crippen LogP contribution in [0.4, 0.5) is 14.5 Å². The Bertz CT molecular complexity index is 713. The van der Waals surface area contributed by atoms with E-state index in [9.17, 15) is 13.6 Å². The number of hydrogen-bond donors (Lipinski definition) is 1. The molecule has 8 heteroatoms. The van der Waals surface area contributed by atoms with Gasteiger partial charge in [-0.2, -0.15) is 0 Å². The number of carbonyl (C=O) groups is 1. The Hall–Kier alpha value is -2.35. The van der Waals surface area contributed by atoms with Gasteiger partial charge in [0.2, 0.25) is 5.91 Å². The van der Waals surface area contributed by atoms with Gasteiger partial charge < -0.3 is 9.88 Å². The first-order valence-electron chi connectivity index (χ1n) is 7.23. The predicted molar refractivity (Wildman–Crippen MR) is 80.0 cm³/mol. The first kappa shape index (κ1) is 15.5. The van der Waals surface area contributed by atoms with E-state index in [0.717, 1.165) is 11.6 Å². The molecule has 0 saturated heterocycles. The smallest absolute Gasteiger partial charge is 0.263 e. The van der Waals surface area contributed by atoms with Gasteiger partial charge in [-0.25, -0.2) is 8.78 Å². The van der Waals surface area contributed by atoms with Crippen molar-refractivity contribution in [3.8, 4) is 0 Å². The number of halogens is 2. The first-order chi connectivity index (χ1) is 11.0.